The number of aliphatic hydroxyl groups excluding tert-OH is 4. The second-order valence-electron chi connectivity index (χ2n) is 4.98. The zero-order valence-corrected chi connectivity index (χ0v) is 17.0. The van der Waals surface area contributed by atoms with E-state index in [4.69, 9.17) is 20.4 Å². The quantitative estimate of drug-likeness (QED) is 0.338. The molecule has 0 aliphatic carbocycles. The first-order valence-electron chi connectivity index (χ1n) is 6.84. The number of hydrogen-bond donors (Lipinski definition) is 4. The van der Waals surface area contributed by atoms with E-state index in [0.717, 1.165) is 0 Å². The van der Waals surface area contributed by atoms with E-state index < -0.39 is 0 Å². The SMILES string of the molecule is CC(=O)C=C(C)O.CC(=O)C=C(C)O.CC(C)O.CC(C)O.[Ti]. The van der Waals surface area contributed by atoms with Crippen LogP contribution in [-0.4, -0.2) is 44.2 Å². The first-order valence-corrected chi connectivity index (χ1v) is 6.84. The van der Waals surface area contributed by atoms with E-state index in [9.17, 15) is 9.59 Å². The molecule has 0 spiro atoms. The minimum absolute atomic E-state index is 0. The summed E-state index contributed by atoms with van der Waals surface area (Å²) in [6, 6.07) is 0. The van der Waals surface area contributed by atoms with Gasteiger partial charge in [0.25, 0.3) is 0 Å². The summed E-state index contributed by atoms with van der Waals surface area (Å²) in [4.78, 5) is 20.0. The van der Waals surface area contributed by atoms with Crippen molar-refractivity contribution in [1.29, 1.82) is 0 Å². The third kappa shape index (κ3) is 154. The first-order chi connectivity index (χ1) is 9.72. The van der Waals surface area contributed by atoms with E-state index in [1.54, 1.807) is 27.7 Å². The summed E-state index contributed by atoms with van der Waals surface area (Å²) in [5, 5.41) is 32.8. The van der Waals surface area contributed by atoms with Crippen LogP contribution in [0.4, 0.5) is 0 Å². The number of carbonyl (C=O) groups is 2. The van der Waals surface area contributed by atoms with Gasteiger partial charge in [0, 0.05) is 46.1 Å². The number of carbonyl (C=O) groups excluding carboxylic acids is 2. The molecule has 0 aliphatic rings. The molecule has 4 N–H and O–H groups in total. The van der Waals surface area contributed by atoms with Gasteiger partial charge in [-0.25, -0.2) is 0 Å². The van der Waals surface area contributed by atoms with Crippen molar-refractivity contribution in [1.82, 2.24) is 0 Å². The van der Waals surface area contributed by atoms with Gasteiger partial charge < -0.3 is 20.4 Å². The molecule has 0 heterocycles. The topological polar surface area (TPSA) is 115 Å². The third-order valence-electron chi connectivity index (χ3n) is 0.824. The molecule has 23 heavy (non-hydrogen) atoms. The van der Waals surface area contributed by atoms with Gasteiger partial charge in [-0.15, -0.1) is 0 Å². The molecule has 0 aromatic carbocycles. The molecule has 7 heteroatoms. The zero-order chi connectivity index (χ0) is 18.9. The van der Waals surface area contributed by atoms with Crippen LogP contribution in [0.25, 0.3) is 0 Å². The monoisotopic (exact) mass is 368 g/mol. The average molecular weight is 368 g/mol. The van der Waals surface area contributed by atoms with E-state index in [-0.39, 0.29) is 57.0 Å². The molecule has 136 valence electrons. The fourth-order valence-electron chi connectivity index (χ4n) is 0.588. The average Bonchev–Trinajstić information content (AvgIpc) is 2.10. The summed E-state index contributed by atoms with van der Waals surface area (Å²) >= 11 is 0. The normalized spacial score (nSPS) is 10.1. The molecule has 0 saturated heterocycles. The molecule has 0 aliphatic heterocycles. The van der Waals surface area contributed by atoms with Crippen molar-refractivity contribution in [3.05, 3.63) is 23.7 Å². The Morgan fingerprint density at radius 3 is 0.826 bits per heavy atom. The molecular formula is C16H32O6Ti. The van der Waals surface area contributed by atoms with Gasteiger partial charge in [-0.3, -0.25) is 9.59 Å². The van der Waals surface area contributed by atoms with Crippen molar-refractivity contribution >= 4 is 11.6 Å². The Morgan fingerprint density at radius 2 is 0.826 bits per heavy atom. The van der Waals surface area contributed by atoms with Crippen LogP contribution in [-0.2, 0) is 31.3 Å². The van der Waals surface area contributed by atoms with Crippen molar-refractivity contribution in [3.8, 4) is 0 Å². The van der Waals surface area contributed by atoms with Gasteiger partial charge >= 0.3 is 0 Å². The third-order valence-corrected chi connectivity index (χ3v) is 0.824. The van der Waals surface area contributed by atoms with E-state index >= 15 is 0 Å². The fourth-order valence-corrected chi connectivity index (χ4v) is 0.588. The maximum atomic E-state index is 10.0. The second kappa shape index (κ2) is 23.3. The van der Waals surface area contributed by atoms with Gasteiger partial charge in [0.1, 0.15) is 0 Å². The smallest absolute Gasteiger partial charge is 0.155 e. The van der Waals surface area contributed by atoms with Crippen LogP contribution in [0.2, 0.25) is 0 Å². The van der Waals surface area contributed by atoms with Crippen molar-refractivity contribution in [3.63, 3.8) is 0 Å². The van der Waals surface area contributed by atoms with Gasteiger partial charge in [-0.2, -0.15) is 0 Å². The van der Waals surface area contributed by atoms with E-state index in [1.807, 2.05) is 0 Å². The molecular weight excluding hydrogens is 336 g/mol. The summed E-state index contributed by atoms with van der Waals surface area (Å²) in [6.45, 7) is 12.6. The molecule has 0 fully saturated rings. The Labute approximate surface area is 154 Å². The van der Waals surface area contributed by atoms with Crippen LogP contribution in [0.3, 0.4) is 0 Å². The van der Waals surface area contributed by atoms with Crippen LogP contribution >= 0.6 is 0 Å². The molecule has 0 rings (SSSR count). The Balaban J connectivity index is -0.0000000639. The van der Waals surface area contributed by atoms with Gasteiger partial charge in [0.15, 0.2) is 11.6 Å². The van der Waals surface area contributed by atoms with Gasteiger partial charge in [-0.05, 0) is 55.4 Å². The zero-order valence-electron chi connectivity index (χ0n) is 15.4. The molecule has 6 nitrogen and oxygen atoms in total. The van der Waals surface area contributed by atoms with Gasteiger partial charge in [0.2, 0.25) is 0 Å². The van der Waals surface area contributed by atoms with Crippen molar-refractivity contribution < 1.29 is 51.7 Å². The van der Waals surface area contributed by atoms with E-state index in [0.29, 0.717) is 0 Å². The minimum atomic E-state index is -0.167. The van der Waals surface area contributed by atoms with Crippen LogP contribution in [0.1, 0.15) is 55.4 Å². The van der Waals surface area contributed by atoms with Crippen LogP contribution < -0.4 is 0 Å². The molecule has 0 amide bonds. The maximum Gasteiger partial charge on any atom is 0.155 e. The van der Waals surface area contributed by atoms with Crippen LogP contribution in [0.5, 0.6) is 0 Å². The number of allylic oxidation sites excluding steroid dienone is 4. The molecule has 0 saturated carbocycles. The predicted octanol–water partition coefficient (Wildman–Crippen LogP) is 2.85. The Morgan fingerprint density at radius 1 is 0.696 bits per heavy atom. The predicted molar refractivity (Wildman–Crippen MR) is 88.8 cm³/mol. The number of aliphatic hydroxyl groups is 4. The maximum absolute atomic E-state index is 10.0. The Hall–Kier alpha value is -0.946. The first kappa shape index (κ1) is 33.6. The molecule has 0 radical (unpaired) electrons. The number of rotatable bonds is 2. The molecule has 0 atom stereocenters. The van der Waals surface area contributed by atoms with Crippen LogP contribution in [0.15, 0.2) is 23.7 Å². The Kier molecular flexibility index (Phi) is 34.1. The summed E-state index contributed by atoms with van der Waals surface area (Å²) in [7, 11) is 0. The summed E-state index contributed by atoms with van der Waals surface area (Å²) in [5.41, 5.74) is 0. The fraction of sp³-hybridized carbons (Fsp3) is 0.625. The minimum Gasteiger partial charge on any atom is -0.512 e. The Bertz CT molecular complexity index is 299. The standard InChI is InChI=1S/2C5H8O2.2C3H8O.Ti/c2*1-4(6)3-5(2)7;2*1-3(2)4;/h2*3,6H,1-2H3;2*3-4H,1-2H3;. The number of hydrogen-bond acceptors (Lipinski definition) is 6. The number of ketones is 2. The molecule has 0 aromatic rings. The second-order valence-corrected chi connectivity index (χ2v) is 4.98. The van der Waals surface area contributed by atoms with Crippen molar-refractivity contribution in [2.45, 2.75) is 67.6 Å². The van der Waals surface area contributed by atoms with Crippen LogP contribution in [0, 0.1) is 0 Å². The molecule has 0 unspecified atom stereocenters. The van der Waals surface area contributed by atoms with Gasteiger partial charge in [0.05, 0.1) is 11.5 Å². The van der Waals surface area contributed by atoms with E-state index in [2.05, 4.69) is 0 Å². The van der Waals surface area contributed by atoms with E-state index in [1.165, 1.54) is 39.8 Å². The van der Waals surface area contributed by atoms with Gasteiger partial charge in [-0.1, -0.05) is 0 Å². The summed E-state index contributed by atoms with van der Waals surface area (Å²) in [6.07, 6.45) is 2.00. The summed E-state index contributed by atoms with van der Waals surface area (Å²) < 4.78 is 0. The molecule has 0 bridgehead atoms. The molecule has 0 aromatic heterocycles. The largest absolute Gasteiger partial charge is 0.512 e. The van der Waals surface area contributed by atoms with Crippen molar-refractivity contribution in [2.75, 3.05) is 0 Å². The van der Waals surface area contributed by atoms with Crippen molar-refractivity contribution in [2.24, 2.45) is 0 Å². The summed E-state index contributed by atoms with van der Waals surface area (Å²) in [5.74, 6) is -0.125.